The Balaban J connectivity index is 1.95. The maximum atomic E-state index is 10.7. The van der Waals surface area contributed by atoms with Gasteiger partial charge in [0, 0.05) is 12.2 Å². The average molecular weight is 365 g/mol. The topological polar surface area (TPSA) is 73.6 Å². The number of amides is 1. The summed E-state index contributed by atoms with van der Waals surface area (Å²) in [6.07, 6.45) is 0. The van der Waals surface area contributed by atoms with E-state index in [0.29, 0.717) is 12.3 Å². The molecule has 0 atom stereocenters. The lowest BCUT2D eigenvalue weighted by Gasteiger charge is -2.10. The molecule has 22 heavy (non-hydrogen) atoms. The van der Waals surface area contributed by atoms with E-state index >= 15 is 0 Å². The zero-order valence-electron chi connectivity index (χ0n) is 12.1. The standard InChI is InChI=1S/C16H17BrN2O3/c1-21-13-5-3-12(4-6-13)19-9-11-2-7-15(14(17)8-11)22-10-16(18)20/h2-8,19H,9-10H2,1H3,(H2,18,20). The summed E-state index contributed by atoms with van der Waals surface area (Å²) < 4.78 is 11.2. The van der Waals surface area contributed by atoms with Crippen molar-refractivity contribution in [3.8, 4) is 11.5 Å². The van der Waals surface area contributed by atoms with Crippen molar-refractivity contribution in [2.45, 2.75) is 6.54 Å². The second-order valence-electron chi connectivity index (χ2n) is 4.60. The van der Waals surface area contributed by atoms with E-state index in [0.717, 1.165) is 21.5 Å². The number of carbonyl (C=O) groups excluding carboxylic acids is 1. The predicted molar refractivity (Wildman–Crippen MR) is 89.2 cm³/mol. The van der Waals surface area contributed by atoms with E-state index in [4.69, 9.17) is 15.2 Å². The molecule has 1 amide bonds. The quantitative estimate of drug-likeness (QED) is 0.791. The van der Waals surface area contributed by atoms with Gasteiger partial charge in [0.25, 0.3) is 5.91 Å². The van der Waals surface area contributed by atoms with Gasteiger partial charge in [0.1, 0.15) is 11.5 Å². The number of ether oxygens (including phenoxy) is 2. The smallest absolute Gasteiger partial charge is 0.255 e. The highest BCUT2D eigenvalue weighted by atomic mass is 79.9. The van der Waals surface area contributed by atoms with E-state index in [1.165, 1.54) is 0 Å². The first-order chi connectivity index (χ1) is 10.6. The van der Waals surface area contributed by atoms with Crippen LogP contribution in [0.3, 0.4) is 0 Å². The largest absolute Gasteiger partial charge is 0.497 e. The molecule has 0 aliphatic carbocycles. The highest BCUT2D eigenvalue weighted by Crippen LogP contribution is 2.26. The normalized spacial score (nSPS) is 10.1. The minimum absolute atomic E-state index is 0.137. The van der Waals surface area contributed by atoms with Gasteiger partial charge in [0.15, 0.2) is 6.61 Å². The summed E-state index contributed by atoms with van der Waals surface area (Å²) in [5.41, 5.74) is 7.14. The molecule has 0 spiro atoms. The van der Waals surface area contributed by atoms with Gasteiger partial charge in [-0.3, -0.25) is 4.79 Å². The van der Waals surface area contributed by atoms with Crippen LogP contribution < -0.4 is 20.5 Å². The molecule has 2 aromatic rings. The van der Waals surface area contributed by atoms with Crippen molar-refractivity contribution < 1.29 is 14.3 Å². The van der Waals surface area contributed by atoms with Crippen molar-refractivity contribution in [2.24, 2.45) is 5.73 Å². The van der Waals surface area contributed by atoms with Crippen LogP contribution >= 0.6 is 15.9 Å². The minimum atomic E-state index is -0.503. The first-order valence-electron chi connectivity index (χ1n) is 6.66. The number of carbonyl (C=O) groups is 1. The number of hydrogen-bond acceptors (Lipinski definition) is 4. The third-order valence-electron chi connectivity index (χ3n) is 2.95. The summed E-state index contributed by atoms with van der Waals surface area (Å²) in [7, 11) is 1.64. The van der Waals surface area contributed by atoms with Crippen molar-refractivity contribution in [3.63, 3.8) is 0 Å². The van der Waals surface area contributed by atoms with Crippen molar-refractivity contribution in [3.05, 3.63) is 52.5 Å². The third-order valence-corrected chi connectivity index (χ3v) is 3.57. The maximum absolute atomic E-state index is 10.7. The molecule has 5 nitrogen and oxygen atoms in total. The lowest BCUT2D eigenvalue weighted by molar-refractivity contribution is -0.119. The van der Waals surface area contributed by atoms with Gasteiger partial charge in [0.05, 0.1) is 11.6 Å². The van der Waals surface area contributed by atoms with Crippen LogP contribution in [0.4, 0.5) is 5.69 Å². The fraction of sp³-hybridized carbons (Fsp3) is 0.188. The monoisotopic (exact) mass is 364 g/mol. The molecular weight excluding hydrogens is 348 g/mol. The predicted octanol–water partition coefficient (Wildman–Crippen LogP) is 2.93. The zero-order valence-corrected chi connectivity index (χ0v) is 13.7. The second kappa shape index (κ2) is 7.70. The van der Waals surface area contributed by atoms with Gasteiger partial charge in [-0.25, -0.2) is 0 Å². The molecule has 0 saturated carbocycles. The molecule has 3 N–H and O–H groups in total. The Morgan fingerprint density at radius 3 is 2.55 bits per heavy atom. The van der Waals surface area contributed by atoms with Crippen molar-refractivity contribution in [1.82, 2.24) is 0 Å². The molecule has 0 bridgehead atoms. The number of halogens is 1. The first kappa shape index (κ1) is 16.2. The number of nitrogens with two attached hydrogens (primary N) is 1. The number of benzene rings is 2. The maximum Gasteiger partial charge on any atom is 0.255 e. The molecule has 0 fully saturated rings. The molecule has 0 aromatic heterocycles. The fourth-order valence-electron chi connectivity index (χ4n) is 1.83. The van der Waals surface area contributed by atoms with Gasteiger partial charge in [0.2, 0.25) is 0 Å². The van der Waals surface area contributed by atoms with E-state index in [1.54, 1.807) is 13.2 Å². The molecule has 116 valence electrons. The van der Waals surface area contributed by atoms with Crippen molar-refractivity contribution in [2.75, 3.05) is 19.0 Å². The zero-order chi connectivity index (χ0) is 15.9. The summed E-state index contributed by atoms with van der Waals surface area (Å²) in [6.45, 7) is 0.531. The van der Waals surface area contributed by atoms with E-state index in [2.05, 4.69) is 21.2 Å². The van der Waals surface area contributed by atoms with Crippen LogP contribution in [0.5, 0.6) is 11.5 Å². The van der Waals surface area contributed by atoms with Gasteiger partial charge in [-0.05, 0) is 57.9 Å². The number of methoxy groups -OCH3 is 1. The van der Waals surface area contributed by atoms with Gasteiger partial charge in [-0.1, -0.05) is 6.07 Å². The summed E-state index contributed by atoms with van der Waals surface area (Å²) in [5.74, 6) is 0.911. The molecule has 0 heterocycles. The Bertz CT molecular complexity index is 644. The van der Waals surface area contributed by atoms with Crippen molar-refractivity contribution in [1.29, 1.82) is 0 Å². The molecule has 0 saturated heterocycles. The Kier molecular flexibility index (Phi) is 5.66. The molecule has 0 radical (unpaired) electrons. The third kappa shape index (κ3) is 4.66. The second-order valence-corrected chi connectivity index (χ2v) is 5.46. The fourth-order valence-corrected chi connectivity index (χ4v) is 2.37. The van der Waals surface area contributed by atoms with E-state index in [9.17, 15) is 4.79 Å². The van der Waals surface area contributed by atoms with Crippen LogP contribution in [0.2, 0.25) is 0 Å². The van der Waals surface area contributed by atoms with E-state index in [-0.39, 0.29) is 6.61 Å². The first-order valence-corrected chi connectivity index (χ1v) is 7.45. The van der Waals surface area contributed by atoms with Crippen LogP contribution in [0.15, 0.2) is 46.9 Å². The molecule has 2 rings (SSSR count). The molecular formula is C16H17BrN2O3. The number of anilines is 1. The van der Waals surface area contributed by atoms with Gasteiger partial charge < -0.3 is 20.5 Å². The molecule has 2 aromatic carbocycles. The molecule has 0 aliphatic rings. The van der Waals surface area contributed by atoms with Gasteiger partial charge in [-0.2, -0.15) is 0 Å². The summed E-state index contributed by atoms with van der Waals surface area (Å²) in [5, 5.41) is 3.32. The Labute approximate surface area is 137 Å². The summed E-state index contributed by atoms with van der Waals surface area (Å²) >= 11 is 3.42. The van der Waals surface area contributed by atoms with Gasteiger partial charge in [-0.15, -0.1) is 0 Å². The van der Waals surface area contributed by atoms with E-state index < -0.39 is 5.91 Å². The van der Waals surface area contributed by atoms with Crippen LogP contribution in [-0.2, 0) is 11.3 Å². The van der Waals surface area contributed by atoms with Crippen LogP contribution in [0.25, 0.3) is 0 Å². The number of hydrogen-bond donors (Lipinski definition) is 2. The van der Waals surface area contributed by atoms with Crippen LogP contribution in [-0.4, -0.2) is 19.6 Å². The van der Waals surface area contributed by atoms with E-state index in [1.807, 2.05) is 36.4 Å². The SMILES string of the molecule is COc1ccc(NCc2ccc(OCC(N)=O)c(Br)c2)cc1. The highest BCUT2D eigenvalue weighted by Gasteiger charge is 2.04. The Morgan fingerprint density at radius 1 is 1.23 bits per heavy atom. The van der Waals surface area contributed by atoms with Crippen molar-refractivity contribution >= 4 is 27.5 Å². The Morgan fingerprint density at radius 2 is 1.95 bits per heavy atom. The average Bonchev–Trinajstić information content (AvgIpc) is 2.52. The number of nitrogens with one attached hydrogen (secondary N) is 1. The lowest BCUT2D eigenvalue weighted by atomic mass is 10.2. The summed E-state index contributed by atoms with van der Waals surface area (Å²) in [4.78, 5) is 10.7. The number of primary amides is 1. The highest BCUT2D eigenvalue weighted by molar-refractivity contribution is 9.10. The molecule has 6 heteroatoms. The molecule has 0 aliphatic heterocycles. The van der Waals surface area contributed by atoms with Gasteiger partial charge >= 0.3 is 0 Å². The number of rotatable bonds is 7. The minimum Gasteiger partial charge on any atom is -0.497 e. The Hall–Kier alpha value is -2.21. The molecule has 0 unspecified atom stereocenters. The lowest BCUT2D eigenvalue weighted by Crippen LogP contribution is -2.20. The van der Waals surface area contributed by atoms with Crippen LogP contribution in [0, 0.1) is 0 Å². The summed E-state index contributed by atoms with van der Waals surface area (Å²) in [6, 6.07) is 13.4. The van der Waals surface area contributed by atoms with Crippen LogP contribution in [0.1, 0.15) is 5.56 Å².